The highest BCUT2D eigenvalue weighted by Crippen LogP contribution is 2.21. The molecule has 1 heterocycles. The first kappa shape index (κ1) is 11.5. The minimum Gasteiger partial charge on any atom is -0.398 e. The Morgan fingerprint density at radius 2 is 2.18 bits per heavy atom. The number of para-hydroxylation sites is 1. The molecule has 1 fully saturated rings. The molecule has 1 aromatic carbocycles. The van der Waals surface area contributed by atoms with Crippen molar-refractivity contribution in [1.82, 2.24) is 4.90 Å². The van der Waals surface area contributed by atoms with Gasteiger partial charge < -0.3 is 15.7 Å². The third-order valence-electron chi connectivity index (χ3n) is 2.87. The third-order valence-corrected chi connectivity index (χ3v) is 2.87. The molecule has 3 N–H and O–H groups in total. The lowest BCUT2D eigenvalue weighted by molar-refractivity contribution is -0.137. The summed E-state index contributed by atoms with van der Waals surface area (Å²) in [6.45, 7) is 0.522. The lowest BCUT2D eigenvalue weighted by atomic mass is 10.0. The number of carbonyl (C=O) groups excluding carboxylic acids is 1. The first-order chi connectivity index (χ1) is 8.03. The van der Waals surface area contributed by atoms with Crippen LogP contribution in [0.25, 0.3) is 0 Å². The molecule has 0 radical (unpaired) electrons. The zero-order chi connectivity index (χ0) is 12.5. The van der Waals surface area contributed by atoms with Gasteiger partial charge in [0.2, 0.25) is 5.60 Å². The van der Waals surface area contributed by atoms with Gasteiger partial charge >= 0.3 is 0 Å². The van der Waals surface area contributed by atoms with Gasteiger partial charge in [0.15, 0.2) is 0 Å². The van der Waals surface area contributed by atoms with Crippen LogP contribution in [-0.2, 0) is 4.79 Å². The summed E-state index contributed by atoms with van der Waals surface area (Å²) in [4.78, 5) is 13.2. The van der Waals surface area contributed by atoms with Crippen molar-refractivity contribution < 1.29 is 9.90 Å². The van der Waals surface area contributed by atoms with Gasteiger partial charge in [0, 0.05) is 31.3 Å². The molecule has 0 aliphatic carbocycles. The van der Waals surface area contributed by atoms with E-state index in [1.807, 2.05) is 12.1 Å². The average Bonchev–Trinajstić information content (AvgIpc) is 2.57. The number of aliphatic hydroxyl groups is 1. The van der Waals surface area contributed by atoms with Gasteiger partial charge in [-0.05, 0) is 12.1 Å². The van der Waals surface area contributed by atoms with Gasteiger partial charge in [0.25, 0.3) is 5.91 Å². The van der Waals surface area contributed by atoms with Gasteiger partial charge in [0.1, 0.15) is 0 Å². The fraction of sp³-hybridized carbons (Fsp3) is 0.308. The highest BCUT2D eigenvalue weighted by molar-refractivity contribution is 5.90. The summed E-state index contributed by atoms with van der Waals surface area (Å²) < 4.78 is 0. The lowest BCUT2D eigenvalue weighted by Crippen LogP contribution is -2.37. The SMILES string of the molecule is CN1CC[C@@](O)(C#Cc2ccccc2N)C1=O. The number of hydrogen-bond acceptors (Lipinski definition) is 3. The van der Waals surface area contributed by atoms with Crippen LogP contribution in [0.1, 0.15) is 12.0 Å². The maximum atomic E-state index is 11.7. The highest BCUT2D eigenvalue weighted by atomic mass is 16.3. The predicted octanol–water partition coefficient (Wildman–Crippen LogP) is 0.214. The molecule has 1 atom stereocenters. The molecule has 0 bridgehead atoms. The van der Waals surface area contributed by atoms with E-state index in [1.54, 1.807) is 19.2 Å². The minimum atomic E-state index is -1.56. The second-order valence-electron chi connectivity index (χ2n) is 4.17. The van der Waals surface area contributed by atoms with Crippen LogP contribution in [-0.4, -0.2) is 35.1 Å². The van der Waals surface area contributed by atoms with E-state index in [9.17, 15) is 9.90 Å². The maximum absolute atomic E-state index is 11.7. The van der Waals surface area contributed by atoms with Crippen LogP contribution >= 0.6 is 0 Å². The third kappa shape index (κ3) is 2.10. The second kappa shape index (κ2) is 4.11. The van der Waals surface area contributed by atoms with Crippen LogP contribution in [0.2, 0.25) is 0 Å². The lowest BCUT2D eigenvalue weighted by Gasteiger charge is -2.13. The van der Waals surface area contributed by atoms with Crippen molar-refractivity contribution in [3.05, 3.63) is 29.8 Å². The van der Waals surface area contributed by atoms with Crippen LogP contribution < -0.4 is 5.73 Å². The van der Waals surface area contributed by atoms with E-state index in [-0.39, 0.29) is 5.91 Å². The number of anilines is 1. The summed E-state index contributed by atoms with van der Waals surface area (Å²) in [5.41, 5.74) is 5.34. The van der Waals surface area contributed by atoms with E-state index >= 15 is 0 Å². The second-order valence-corrected chi connectivity index (χ2v) is 4.17. The first-order valence-electron chi connectivity index (χ1n) is 5.38. The van der Waals surface area contributed by atoms with Gasteiger partial charge in [-0.2, -0.15) is 0 Å². The minimum absolute atomic E-state index is 0.335. The van der Waals surface area contributed by atoms with Crippen LogP contribution in [0, 0.1) is 11.8 Å². The summed E-state index contributed by atoms with van der Waals surface area (Å²) in [6.07, 6.45) is 0.335. The molecule has 0 aromatic heterocycles. The van der Waals surface area contributed by atoms with Crippen molar-refractivity contribution >= 4 is 11.6 Å². The van der Waals surface area contributed by atoms with Crippen molar-refractivity contribution in [2.24, 2.45) is 0 Å². The van der Waals surface area contributed by atoms with Gasteiger partial charge in [-0.3, -0.25) is 4.79 Å². The number of amides is 1. The molecule has 1 amide bonds. The summed E-state index contributed by atoms with van der Waals surface area (Å²) >= 11 is 0. The number of likely N-dealkylation sites (tertiary alicyclic amines) is 1. The van der Waals surface area contributed by atoms with Crippen molar-refractivity contribution in [3.63, 3.8) is 0 Å². The monoisotopic (exact) mass is 230 g/mol. The maximum Gasteiger partial charge on any atom is 0.267 e. The number of benzene rings is 1. The van der Waals surface area contributed by atoms with Gasteiger partial charge in [-0.15, -0.1) is 0 Å². The molecular formula is C13H14N2O2. The Labute approximate surface area is 100 Å². The van der Waals surface area contributed by atoms with Crippen LogP contribution in [0.3, 0.4) is 0 Å². The molecule has 1 aromatic rings. The smallest absolute Gasteiger partial charge is 0.267 e. The molecule has 0 unspecified atom stereocenters. The van der Waals surface area contributed by atoms with Crippen LogP contribution in [0.5, 0.6) is 0 Å². The Morgan fingerprint density at radius 3 is 2.76 bits per heavy atom. The van der Waals surface area contributed by atoms with Crippen molar-refractivity contribution in [3.8, 4) is 11.8 Å². The summed E-state index contributed by atoms with van der Waals surface area (Å²) in [6, 6.07) is 7.11. The average molecular weight is 230 g/mol. The highest BCUT2D eigenvalue weighted by Gasteiger charge is 2.42. The Balaban J connectivity index is 2.29. The molecular weight excluding hydrogens is 216 g/mol. The quantitative estimate of drug-likeness (QED) is 0.494. The summed E-state index contributed by atoms with van der Waals surface area (Å²) in [5, 5.41) is 10.1. The number of nitrogen functional groups attached to an aromatic ring is 1. The molecule has 1 aliphatic heterocycles. The number of nitrogens with zero attached hydrogens (tertiary/aromatic N) is 1. The largest absolute Gasteiger partial charge is 0.398 e. The van der Waals surface area contributed by atoms with Crippen molar-refractivity contribution in [2.75, 3.05) is 19.3 Å². The normalized spacial score (nSPS) is 23.4. The van der Waals surface area contributed by atoms with Crippen LogP contribution in [0.4, 0.5) is 5.69 Å². The van der Waals surface area contributed by atoms with Crippen LogP contribution in [0.15, 0.2) is 24.3 Å². The zero-order valence-electron chi connectivity index (χ0n) is 9.60. The van der Waals surface area contributed by atoms with Gasteiger partial charge in [-0.25, -0.2) is 0 Å². The van der Waals surface area contributed by atoms with Gasteiger partial charge in [0.05, 0.1) is 0 Å². The first-order valence-corrected chi connectivity index (χ1v) is 5.38. The standard InChI is InChI=1S/C13H14N2O2/c1-15-9-8-13(17,12(15)16)7-6-10-4-2-3-5-11(10)14/h2-5,17H,8-9,14H2,1H3/t13-/m0/s1. The molecule has 17 heavy (non-hydrogen) atoms. The Hall–Kier alpha value is -1.99. The molecule has 0 saturated carbocycles. The molecule has 1 aliphatic rings. The predicted molar refractivity (Wildman–Crippen MR) is 64.9 cm³/mol. The molecule has 4 heteroatoms. The fourth-order valence-corrected chi connectivity index (χ4v) is 1.75. The van der Waals surface area contributed by atoms with E-state index < -0.39 is 5.60 Å². The number of hydrogen-bond donors (Lipinski definition) is 2. The fourth-order valence-electron chi connectivity index (χ4n) is 1.75. The van der Waals surface area contributed by atoms with E-state index in [2.05, 4.69) is 11.8 Å². The zero-order valence-corrected chi connectivity index (χ0v) is 9.60. The summed E-state index contributed by atoms with van der Waals surface area (Å²) in [5.74, 6) is 5.06. The van der Waals surface area contributed by atoms with Crippen molar-refractivity contribution in [2.45, 2.75) is 12.0 Å². The molecule has 2 rings (SSSR count). The molecule has 1 saturated heterocycles. The van der Waals surface area contributed by atoms with E-state index in [4.69, 9.17) is 5.73 Å². The Morgan fingerprint density at radius 1 is 1.47 bits per heavy atom. The Bertz CT molecular complexity index is 516. The number of likely N-dealkylation sites (N-methyl/N-ethyl adjacent to an activating group) is 1. The van der Waals surface area contributed by atoms with E-state index in [0.717, 1.165) is 0 Å². The summed E-state index contributed by atoms with van der Waals surface area (Å²) in [7, 11) is 1.65. The molecule has 4 nitrogen and oxygen atoms in total. The van der Waals surface area contributed by atoms with E-state index in [1.165, 1.54) is 4.90 Å². The molecule has 0 spiro atoms. The van der Waals surface area contributed by atoms with E-state index in [0.29, 0.717) is 24.2 Å². The Kier molecular flexibility index (Phi) is 2.78. The van der Waals surface area contributed by atoms with Gasteiger partial charge in [-0.1, -0.05) is 24.0 Å². The topological polar surface area (TPSA) is 66.6 Å². The number of rotatable bonds is 0. The van der Waals surface area contributed by atoms with Crippen molar-refractivity contribution in [1.29, 1.82) is 0 Å². The molecule has 88 valence electrons. The number of carbonyl (C=O) groups is 1. The number of nitrogens with two attached hydrogens (primary N) is 1.